The van der Waals surface area contributed by atoms with Crippen LogP contribution in [0.25, 0.3) is 0 Å². The second kappa shape index (κ2) is 6.92. The van der Waals surface area contributed by atoms with Crippen molar-refractivity contribution in [3.8, 4) is 0 Å². The summed E-state index contributed by atoms with van der Waals surface area (Å²) in [7, 11) is 0. The molecule has 0 aromatic heterocycles. The van der Waals surface area contributed by atoms with Gasteiger partial charge in [0.05, 0.1) is 17.4 Å². The second-order valence-electron chi connectivity index (χ2n) is 7.02. The van der Waals surface area contributed by atoms with E-state index in [1.807, 2.05) is 31.2 Å². The number of benzene rings is 2. The number of nitrogens with zero attached hydrogens (tertiary/aromatic N) is 1. The highest BCUT2D eigenvalue weighted by molar-refractivity contribution is 6.11. The van der Waals surface area contributed by atoms with Crippen molar-refractivity contribution >= 4 is 23.2 Å². The summed E-state index contributed by atoms with van der Waals surface area (Å²) in [5, 5.41) is 6.32. The van der Waals surface area contributed by atoms with Crippen LogP contribution in [-0.2, 0) is 16.0 Å². The van der Waals surface area contributed by atoms with E-state index in [0.29, 0.717) is 5.69 Å². The number of aryl methyl sites for hydroxylation is 1. The lowest BCUT2D eigenvalue weighted by atomic mass is 9.87. The highest BCUT2D eigenvalue weighted by atomic mass is 16.2. The zero-order chi connectivity index (χ0) is 18.1. The Morgan fingerprint density at radius 1 is 1.19 bits per heavy atom. The van der Waals surface area contributed by atoms with Crippen LogP contribution in [0.2, 0.25) is 0 Å². The van der Waals surface area contributed by atoms with Gasteiger partial charge in [0, 0.05) is 6.04 Å². The van der Waals surface area contributed by atoms with Crippen LogP contribution >= 0.6 is 0 Å². The van der Waals surface area contributed by atoms with Crippen molar-refractivity contribution < 1.29 is 9.59 Å². The number of hydrogen-bond donors (Lipinski definition) is 2. The van der Waals surface area contributed by atoms with Gasteiger partial charge in [-0.15, -0.1) is 0 Å². The first-order valence-corrected chi connectivity index (χ1v) is 9.17. The maximum absolute atomic E-state index is 13.1. The molecule has 0 unspecified atom stereocenters. The maximum atomic E-state index is 13.1. The molecule has 1 aliphatic carbocycles. The first-order valence-electron chi connectivity index (χ1n) is 9.17. The number of para-hydroxylation sites is 2. The normalized spacial score (nSPS) is 20.0. The van der Waals surface area contributed by atoms with E-state index in [1.165, 1.54) is 11.1 Å². The highest BCUT2D eigenvalue weighted by Gasteiger charge is 2.31. The topological polar surface area (TPSA) is 61.4 Å². The van der Waals surface area contributed by atoms with Gasteiger partial charge in [-0.3, -0.25) is 19.8 Å². The summed E-state index contributed by atoms with van der Waals surface area (Å²) in [6.07, 6.45) is 3.23. The Bertz CT molecular complexity index is 849. The van der Waals surface area contributed by atoms with E-state index in [9.17, 15) is 9.59 Å². The molecule has 2 N–H and O–H groups in total. The van der Waals surface area contributed by atoms with Gasteiger partial charge >= 0.3 is 0 Å². The fourth-order valence-electron chi connectivity index (χ4n) is 3.96. The van der Waals surface area contributed by atoms with Gasteiger partial charge in [0.2, 0.25) is 11.8 Å². The first-order chi connectivity index (χ1) is 12.6. The molecule has 2 aromatic carbocycles. The van der Waals surface area contributed by atoms with Crippen molar-refractivity contribution in [1.29, 1.82) is 0 Å². The van der Waals surface area contributed by atoms with Crippen LogP contribution in [0.5, 0.6) is 0 Å². The first kappa shape index (κ1) is 16.8. The average molecular weight is 349 g/mol. The minimum atomic E-state index is -0.370. The van der Waals surface area contributed by atoms with E-state index in [1.54, 1.807) is 4.90 Å². The van der Waals surface area contributed by atoms with Crippen LogP contribution in [0.1, 0.15) is 36.9 Å². The Hall–Kier alpha value is -2.66. The molecule has 2 aromatic rings. The second-order valence-corrected chi connectivity index (χ2v) is 7.02. The molecule has 2 aliphatic rings. The van der Waals surface area contributed by atoms with Gasteiger partial charge in [0.15, 0.2) is 0 Å². The molecule has 2 atom stereocenters. The van der Waals surface area contributed by atoms with Crippen LogP contribution in [0.4, 0.5) is 11.4 Å². The smallest absolute Gasteiger partial charge is 0.244 e. The van der Waals surface area contributed by atoms with E-state index < -0.39 is 0 Å². The van der Waals surface area contributed by atoms with Crippen LogP contribution in [0.3, 0.4) is 0 Å². The van der Waals surface area contributed by atoms with Crippen molar-refractivity contribution in [2.75, 3.05) is 16.8 Å². The number of amides is 2. The van der Waals surface area contributed by atoms with Gasteiger partial charge in [0.25, 0.3) is 0 Å². The minimum Gasteiger partial charge on any atom is -0.323 e. The van der Waals surface area contributed by atoms with Gasteiger partial charge in [0.1, 0.15) is 6.54 Å². The SMILES string of the molecule is C[C@H](N[C@H]1CCCc2ccccc21)C(=O)N1CC(=O)Nc2ccccc21. The van der Waals surface area contributed by atoms with E-state index >= 15 is 0 Å². The van der Waals surface area contributed by atoms with Gasteiger partial charge in [-0.25, -0.2) is 0 Å². The van der Waals surface area contributed by atoms with Crippen molar-refractivity contribution in [3.05, 3.63) is 59.7 Å². The van der Waals surface area contributed by atoms with Crippen molar-refractivity contribution in [2.24, 2.45) is 0 Å². The Kier molecular flexibility index (Phi) is 4.47. The molecular formula is C21H23N3O2. The number of carbonyl (C=O) groups is 2. The Morgan fingerprint density at radius 3 is 2.85 bits per heavy atom. The highest BCUT2D eigenvalue weighted by Crippen LogP contribution is 2.32. The summed E-state index contributed by atoms with van der Waals surface area (Å²) in [6.45, 7) is 1.94. The molecule has 5 nitrogen and oxygen atoms in total. The van der Waals surface area contributed by atoms with Crippen molar-refractivity contribution in [2.45, 2.75) is 38.3 Å². The van der Waals surface area contributed by atoms with Crippen molar-refractivity contribution in [1.82, 2.24) is 5.32 Å². The maximum Gasteiger partial charge on any atom is 0.244 e. The monoisotopic (exact) mass is 349 g/mol. The summed E-state index contributed by atoms with van der Waals surface area (Å²) in [4.78, 5) is 26.7. The summed E-state index contributed by atoms with van der Waals surface area (Å²) in [5.41, 5.74) is 4.09. The summed E-state index contributed by atoms with van der Waals surface area (Å²) < 4.78 is 0. The lowest BCUT2D eigenvalue weighted by Gasteiger charge is -2.34. The van der Waals surface area contributed by atoms with E-state index in [4.69, 9.17) is 0 Å². The third-order valence-electron chi connectivity index (χ3n) is 5.23. The fourth-order valence-corrected chi connectivity index (χ4v) is 3.96. The molecule has 0 radical (unpaired) electrons. The van der Waals surface area contributed by atoms with Crippen LogP contribution in [-0.4, -0.2) is 24.4 Å². The Labute approximate surface area is 153 Å². The third-order valence-corrected chi connectivity index (χ3v) is 5.23. The molecule has 1 aliphatic heterocycles. The predicted molar refractivity (Wildman–Crippen MR) is 102 cm³/mol. The molecule has 134 valence electrons. The van der Waals surface area contributed by atoms with E-state index in [0.717, 1.165) is 24.9 Å². The average Bonchev–Trinajstić information content (AvgIpc) is 2.67. The number of hydrogen-bond acceptors (Lipinski definition) is 3. The molecule has 1 heterocycles. The minimum absolute atomic E-state index is 0.0587. The predicted octanol–water partition coefficient (Wildman–Crippen LogP) is 3.03. The standard InChI is InChI=1S/C21H23N3O2/c1-14(22-17-11-6-8-15-7-2-3-9-16(15)17)21(26)24-13-20(25)23-18-10-4-5-12-19(18)24/h2-5,7,9-10,12,14,17,22H,6,8,11,13H2,1H3,(H,23,25)/t14-,17-/m0/s1. The number of carbonyl (C=O) groups excluding carboxylic acids is 2. The molecule has 0 fully saturated rings. The van der Waals surface area contributed by atoms with Crippen LogP contribution < -0.4 is 15.5 Å². The van der Waals surface area contributed by atoms with Crippen molar-refractivity contribution in [3.63, 3.8) is 0 Å². The molecule has 0 saturated carbocycles. The Balaban J connectivity index is 1.54. The molecule has 2 amide bonds. The lowest BCUT2D eigenvalue weighted by molar-refractivity contribution is -0.123. The molecule has 0 saturated heterocycles. The third kappa shape index (κ3) is 3.10. The van der Waals surface area contributed by atoms with E-state index in [-0.39, 0.29) is 30.4 Å². The summed E-state index contributed by atoms with van der Waals surface area (Å²) in [6, 6.07) is 15.7. The van der Waals surface area contributed by atoms with Gasteiger partial charge in [-0.2, -0.15) is 0 Å². The van der Waals surface area contributed by atoms with Gasteiger partial charge in [-0.05, 0) is 49.4 Å². The molecule has 0 spiro atoms. The summed E-state index contributed by atoms with van der Waals surface area (Å²) in [5.74, 6) is -0.234. The number of fused-ring (bicyclic) bond motifs is 2. The zero-order valence-corrected chi connectivity index (χ0v) is 14.9. The van der Waals surface area contributed by atoms with E-state index in [2.05, 4.69) is 34.9 Å². The van der Waals surface area contributed by atoms with Crippen LogP contribution in [0.15, 0.2) is 48.5 Å². The summed E-state index contributed by atoms with van der Waals surface area (Å²) >= 11 is 0. The number of rotatable bonds is 3. The zero-order valence-electron chi connectivity index (χ0n) is 14.9. The largest absolute Gasteiger partial charge is 0.323 e. The molecule has 5 heteroatoms. The quantitative estimate of drug-likeness (QED) is 0.895. The molecule has 0 bridgehead atoms. The van der Waals surface area contributed by atoms with Crippen LogP contribution in [0, 0.1) is 0 Å². The fraction of sp³-hybridized carbons (Fsp3) is 0.333. The Morgan fingerprint density at radius 2 is 1.96 bits per heavy atom. The molecule has 4 rings (SSSR count). The lowest BCUT2D eigenvalue weighted by Crippen LogP contribution is -2.50. The number of nitrogens with one attached hydrogen (secondary N) is 2. The van der Waals surface area contributed by atoms with Gasteiger partial charge < -0.3 is 5.32 Å². The molecular weight excluding hydrogens is 326 g/mol. The number of anilines is 2. The molecule has 26 heavy (non-hydrogen) atoms. The van der Waals surface area contributed by atoms with Gasteiger partial charge in [-0.1, -0.05) is 36.4 Å².